The molecule has 1 N–H and O–H groups in total. The van der Waals surface area contributed by atoms with Crippen molar-refractivity contribution in [1.82, 2.24) is 10.3 Å². The summed E-state index contributed by atoms with van der Waals surface area (Å²) in [6, 6.07) is 13.2. The summed E-state index contributed by atoms with van der Waals surface area (Å²) < 4.78 is 4.86. The number of rotatable bonds is 5. The Bertz CT molecular complexity index is 552. The number of nitrogens with one attached hydrogen (secondary N) is 1. The van der Waals surface area contributed by atoms with Crippen LogP contribution in [-0.2, 0) is 16.1 Å². The second-order valence-electron chi connectivity index (χ2n) is 4.56. The van der Waals surface area contributed by atoms with Crippen LogP contribution in [0.2, 0.25) is 0 Å². The number of hydrogen-bond donors (Lipinski definition) is 1. The van der Waals surface area contributed by atoms with Crippen molar-refractivity contribution >= 4 is 5.97 Å². The first kappa shape index (κ1) is 14.2. The molecule has 4 heteroatoms. The first-order valence-corrected chi connectivity index (χ1v) is 6.48. The SMILES string of the molecule is COC(=O)C(NCc1ccccc1)c1ccc(C)nc1. The summed E-state index contributed by atoms with van der Waals surface area (Å²) in [5.41, 5.74) is 2.83. The smallest absolute Gasteiger partial charge is 0.327 e. The van der Waals surface area contributed by atoms with Crippen LogP contribution in [-0.4, -0.2) is 18.1 Å². The minimum atomic E-state index is -0.506. The number of pyridine rings is 1. The zero-order valence-corrected chi connectivity index (χ0v) is 11.7. The van der Waals surface area contributed by atoms with Crippen LogP contribution in [0, 0.1) is 6.92 Å². The third-order valence-electron chi connectivity index (χ3n) is 3.06. The number of methoxy groups -OCH3 is 1. The molecular formula is C16H18N2O2. The third kappa shape index (κ3) is 3.65. The van der Waals surface area contributed by atoms with Crippen molar-refractivity contribution in [2.24, 2.45) is 0 Å². The van der Waals surface area contributed by atoms with Gasteiger partial charge in [0.1, 0.15) is 6.04 Å². The van der Waals surface area contributed by atoms with Crippen LogP contribution < -0.4 is 5.32 Å². The lowest BCUT2D eigenvalue weighted by Gasteiger charge is -2.16. The Labute approximate surface area is 118 Å². The molecule has 104 valence electrons. The zero-order chi connectivity index (χ0) is 14.4. The van der Waals surface area contributed by atoms with Crippen LogP contribution in [0.4, 0.5) is 0 Å². The molecule has 2 rings (SSSR count). The highest BCUT2D eigenvalue weighted by Gasteiger charge is 2.20. The van der Waals surface area contributed by atoms with E-state index in [0.717, 1.165) is 16.8 Å². The highest BCUT2D eigenvalue weighted by molar-refractivity contribution is 5.77. The number of carbonyl (C=O) groups is 1. The molecule has 2 aromatic rings. The van der Waals surface area contributed by atoms with Crippen LogP contribution in [0.3, 0.4) is 0 Å². The quantitative estimate of drug-likeness (QED) is 0.848. The molecule has 1 atom stereocenters. The van der Waals surface area contributed by atoms with Gasteiger partial charge in [-0.2, -0.15) is 0 Å². The standard InChI is InChI=1S/C16H18N2O2/c1-12-8-9-14(11-17-12)15(16(19)20-2)18-10-13-6-4-3-5-7-13/h3-9,11,15,18H,10H2,1-2H3. The Morgan fingerprint density at radius 3 is 2.60 bits per heavy atom. The van der Waals surface area contributed by atoms with Gasteiger partial charge in [0.2, 0.25) is 0 Å². The lowest BCUT2D eigenvalue weighted by Crippen LogP contribution is -2.29. The summed E-state index contributed by atoms with van der Waals surface area (Å²) in [6.45, 7) is 2.50. The van der Waals surface area contributed by atoms with E-state index in [-0.39, 0.29) is 5.97 Å². The molecule has 0 aliphatic carbocycles. The minimum Gasteiger partial charge on any atom is -0.468 e. The van der Waals surface area contributed by atoms with Crippen molar-refractivity contribution in [2.45, 2.75) is 19.5 Å². The summed E-state index contributed by atoms with van der Waals surface area (Å²) in [5, 5.41) is 3.21. The molecule has 0 saturated carbocycles. The van der Waals surface area contributed by atoms with Crippen LogP contribution >= 0.6 is 0 Å². The van der Waals surface area contributed by atoms with Gasteiger partial charge in [-0.05, 0) is 24.1 Å². The van der Waals surface area contributed by atoms with E-state index in [1.807, 2.05) is 49.4 Å². The average molecular weight is 270 g/mol. The Balaban J connectivity index is 2.12. The number of aromatic nitrogens is 1. The molecule has 0 bridgehead atoms. The second kappa shape index (κ2) is 6.82. The number of nitrogens with zero attached hydrogens (tertiary/aromatic N) is 1. The van der Waals surface area contributed by atoms with Gasteiger partial charge in [0.25, 0.3) is 0 Å². The van der Waals surface area contributed by atoms with E-state index in [9.17, 15) is 4.79 Å². The van der Waals surface area contributed by atoms with E-state index < -0.39 is 6.04 Å². The Morgan fingerprint density at radius 2 is 2.00 bits per heavy atom. The highest BCUT2D eigenvalue weighted by atomic mass is 16.5. The van der Waals surface area contributed by atoms with Gasteiger partial charge < -0.3 is 4.74 Å². The first-order chi connectivity index (χ1) is 9.70. The number of benzene rings is 1. The fraction of sp³-hybridized carbons (Fsp3) is 0.250. The molecule has 0 radical (unpaired) electrons. The summed E-state index contributed by atoms with van der Waals surface area (Å²) in [5.74, 6) is -0.313. The summed E-state index contributed by atoms with van der Waals surface area (Å²) in [6.07, 6.45) is 1.70. The molecule has 1 aromatic heterocycles. The van der Waals surface area contributed by atoms with E-state index in [0.29, 0.717) is 6.54 Å². The Morgan fingerprint density at radius 1 is 1.25 bits per heavy atom. The van der Waals surface area contributed by atoms with Gasteiger partial charge in [-0.3, -0.25) is 10.3 Å². The van der Waals surface area contributed by atoms with Crippen molar-refractivity contribution in [3.63, 3.8) is 0 Å². The van der Waals surface area contributed by atoms with Crippen molar-refractivity contribution in [3.05, 3.63) is 65.5 Å². The van der Waals surface area contributed by atoms with Crippen LogP contribution in [0.1, 0.15) is 22.9 Å². The van der Waals surface area contributed by atoms with E-state index in [1.165, 1.54) is 7.11 Å². The number of carbonyl (C=O) groups excluding carboxylic acids is 1. The normalized spacial score (nSPS) is 11.9. The number of esters is 1. The van der Waals surface area contributed by atoms with Gasteiger partial charge in [0.05, 0.1) is 7.11 Å². The number of ether oxygens (including phenoxy) is 1. The van der Waals surface area contributed by atoms with E-state index >= 15 is 0 Å². The van der Waals surface area contributed by atoms with E-state index in [2.05, 4.69) is 10.3 Å². The maximum Gasteiger partial charge on any atom is 0.327 e. The van der Waals surface area contributed by atoms with E-state index in [1.54, 1.807) is 6.20 Å². The summed E-state index contributed by atoms with van der Waals surface area (Å²) >= 11 is 0. The lowest BCUT2D eigenvalue weighted by molar-refractivity contribution is -0.143. The Hall–Kier alpha value is -2.20. The van der Waals surface area contributed by atoms with Crippen molar-refractivity contribution in [1.29, 1.82) is 0 Å². The lowest BCUT2D eigenvalue weighted by atomic mass is 10.1. The maximum atomic E-state index is 11.9. The molecule has 4 nitrogen and oxygen atoms in total. The minimum absolute atomic E-state index is 0.313. The molecule has 1 heterocycles. The van der Waals surface area contributed by atoms with Crippen LogP contribution in [0.15, 0.2) is 48.7 Å². The van der Waals surface area contributed by atoms with Gasteiger partial charge in [-0.1, -0.05) is 36.4 Å². The molecule has 0 aliphatic rings. The van der Waals surface area contributed by atoms with E-state index in [4.69, 9.17) is 4.74 Å². The molecule has 0 aliphatic heterocycles. The fourth-order valence-corrected chi connectivity index (χ4v) is 1.92. The Kier molecular flexibility index (Phi) is 4.85. The van der Waals surface area contributed by atoms with Gasteiger partial charge in [-0.25, -0.2) is 4.79 Å². The van der Waals surface area contributed by atoms with Gasteiger partial charge >= 0.3 is 5.97 Å². The molecule has 1 unspecified atom stereocenters. The average Bonchev–Trinajstić information content (AvgIpc) is 2.50. The van der Waals surface area contributed by atoms with Gasteiger partial charge in [0.15, 0.2) is 0 Å². The topological polar surface area (TPSA) is 51.2 Å². The van der Waals surface area contributed by atoms with Crippen molar-refractivity contribution in [3.8, 4) is 0 Å². The van der Waals surface area contributed by atoms with Crippen LogP contribution in [0.25, 0.3) is 0 Å². The number of aryl methyl sites for hydroxylation is 1. The molecule has 0 spiro atoms. The molecule has 1 aromatic carbocycles. The highest BCUT2D eigenvalue weighted by Crippen LogP contribution is 2.15. The molecule has 20 heavy (non-hydrogen) atoms. The number of hydrogen-bond acceptors (Lipinski definition) is 4. The van der Waals surface area contributed by atoms with Crippen LogP contribution in [0.5, 0.6) is 0 Å². The first-order valence-electron chi connectivity index (χ1n) is 6.48. The second-order valence-corrected chi connectivity index (χ2v) is 4.56. The predicted octanol–water partition coefficient (Wildman–Crippen LogP) is 2.39. The summed E-state index contributed by atoms with van der Waals surface area (Å²) in [7, 11) is 1.39. The largest absolute Gasteiger partial charge is 0.468 e. The predicted molar refractivity (Wildman–Crippen MR) is 77.0 cm³/mol. The van der Waals surface area contributed by atoms with Crippen molar-refractivity contribution < 1.29 is 9.53 Å². The molecule has 0 saturated heterocycles. The maximum absolute atomic E-state index is 11.9. The molecular weight excluding hydrogens is 252 g/mol. The molecule has 0 fully saturated rings. The third-order valence-corrected chi connectivity index (χ3v) is 3.06. The molecule has 0 amide bonds. The zero-order valence-electron chi connectivity index (χ0n) is 11.7. The fourth-order valence-electron chi connectivity index (χ4n) is 1.92. The van der Waals surface area contributed by atoms with Crippen molar-refractivity contribution in [2.75, 3.05) is 7.11 Å². The monoisotopic (exact) mass is 270 g/mol. The van der Waals surface area contributed by atoms with Gasteiger partial charge in [-0.15, -0.1) is 0 Å². The summed E-state index contributed by atoms with van der Waals surface area (Å²) in [4.78, 5) is 16.1. The van der Waals surface area contributed by atoms with Gasteiger partial charge in [0, 0.05) is 18.4 Å².